The van der Waals surface area contributed by atoms with Crippen LogP contribution < -0.4 is 0 Å². The van der Waals surface area contributed by atoms with E-state index >= 15 is 0 Å². The van der Waals surface area contributed by atoms with Crippen LogP contribution in [0, 0.1) is 0 Å². The fourth-order valence-corrected chi connectivity index (χ4v) is 1.68. The maximum Gasteiger partial charge on any atom is 0.213 e. The minimum atomic E-state index is 0. The Kier molecular flexibility index (Phi) is 36.5. The lowest BCUT2D eigenvalue weighted by Crippen LogP contribution is -1.53. The van der Waals surface area contributed by atoms with Crippen LogP contribution in [0.4, 0.5) is 0 Å². The lowest BCUT2D eigenvalue weighted by Gasteiger charge is -1.54. The number of H-pyrrole nitrogens is 4. The topological polar surface area (TPSA) is 218 Å². The summed E-state index contributed by atoms with van der Waals surface area (Å²) in [6, 6.07) is 5.72. The number of aliphatic imine (C=N–C) groups is 1. The molecule has 1 aliphatic heterocycles. The van der Waals surface area contributed by atoms with Crippen molar-refractivity contribution in [2.24, 2.45) is 4.99 Å². The Hall–Kier alpha value is -6.19. The summed E-state index contributed by atoms with van der Waals surface area (Å²) < 4.78 is 13.1. The van der Waals surface area contributed by atoms with E-state index < -0.39 is 0 Å². The first kappa shape index (κ1) is 41.3. The number of hydrogen-bond donors (Lipinski definition) is 4. The number of imidazole rings is 2. The second-order valence-electron chi connectivity index (χ2n) is 5.96. The van der Waals surface area contributed by atoms with Crippen molar-refractivity contribution in [2.45, 2.75) is 28.7 Å². The Bertz CT molecular complexity index is 865. The molecule has 0 atom stereocenters. The molecule has 0 saturated heterocycles. The van der Waals surface area contributed by atoms with Crippen LogP contribution >= 0.6 is 0 Å². The second kappa shape index (κ2) is 38.0. The van der Waals surface area contributed by atoms with Gasteiger partial charge in [0.05, 0.1) is 18.9 Å². The van der Waals surface area contributed by atoms with Gasteiger partial charge in [-0.3, -0.25) is 10.1 Å². The van der Waals surface area contributed by atoms with Crippen molar-refractivity contribution in [3.8, 4) is 0 Å². The minimum absolute atomic E-state index is 0. The van der Waals surface area contributed by atoms with E-state index in [-0.39, 0.29) is 22.3 Å². The third-order valence-corrected chi connectivity index (χ3v) is 3.16. The molecule has 8 heterocycles. The summed E-state index contributed by atoms with van der Waals surface area (Å²) in [7, 11) is 0. The Labute approximate surface area is 250 Å². The maximum absolute atomic E-state index is 4.47. The number of aromatic amines is 4. The van der Waals surface area contributed by atoms with Crippen LogP contribution in [0.2, 0.25) is 0 Å². The summed E-state index contributed by atoms with van der Waals surface area (Å²) in [5.74, 6) is 0. The van der Waals surface area contributed by atoms with E-state index in [1.165, 1.54) is 38.2 Å². The van der Waals surface area contributed by atoms with Gasteiger partial charge in [0.15, 0.2) is 12.7 Å². The molecule has 232 valence electrons. The first-order valence-corrected chi connectivity index (χ1v) is 11.2. The van der Waals surface area contributed by atoms with E-state index in [2.05, 4.69) is 78.8 Å². The van der Waals surface area contributed by atoms with Crippen LogP contribution in [0.15, 0.2) is 155 Å². The Balaban J connectivity index is -0.000000421. The third-order valence-electron chi connectivity index (χ3n) is 3.16. The molecule has 0 fully saturated rings. The van der Waals surface area contributed by atoms with Gasteiger partial charge in [-0.1, -0.05) is 33.5 Å². The molecule has 7 aromatic heterocycles. The number of hydrogen-bond acceptors (Lipinski definition) is 12. The molecule has 0 spiro atoms. The predicted octanol–water partition coefficient (Wildman–Crippen LogP) is 5.94. The van der Waals surface area contributed by atoms with Gasteiger partial charge in [-0.15, -0.1) is 10.2 Å². The molecular formula is C27H41N13O3. The van der Waals surface area contributed by atoms with Crippen molar-refractivity contribution in [3.05, 3.63) is 137 Å². The molecule has 1 aliphatic rings. The first-order chi connectivity index (χ1) is 20.0. The highest BCUT2D eigenvalue weighted by Crippen LogP contribution is 1.86. The van der Waals surface area contributed by atoms with Crippen molar-refractivity contribution in [1.82, 2.24) is 60.4 Å². The first-order valence-electron chi connectivity index (χ1n) is 11.2. The molecule has 7 aromatic rings. The molecule has 0 radical (unpaired) electrons. The quantitative estimate of drug-likeness (QED) is 0.161. The highest BCUT2D eigenvalue weighted by Gasteiger charge is 1.73. The highest BCUT2D eigenvalue weighted by atomic mass is 16.5. The van der Waals surface area contributed by atoms with Crippen LogP contribution in [0.5, 0.6) is 0 Å². The number of oxazole rings is 1. The molecule has 16 nitrogen and oxygen atoms in total. The van der Waals surface area contributed by atoms with Gasteiger partial charge in [-0.25, -0.2) is 19.9 Å². The molecule has 0 aromatic carbocycles. The lowest BCUT2D eigenvalue weighted by molar-refractivity contribution is 0.416. The van der Waals surface area contributed by atoms with E-state index in [1.807, 2.05) is 42.9 Å². The molecule has 0 saturated carbocycles. The monoisotopic (exact) mass is 595 g/mol. The SMILES string of the molecule is C.C.C.C1=CN=CC1.c1c[nH]cn1.c1c[nH]cn1.c1cc[nH]c1.c1cn[nH]c1.c1cocn1.c1ncon1.c1nnco1. The zero-order valence-corrected chi connectivity index (χ0v) is 21.2. The fraction of sp³-hybridized carbons (Fsp3) is 0.148. The van der Waals surface area contributed by atoms with Crippen LogP contribution in [0.3, 0.4) is 0 Å². The van der Waals surface area contributed by atoms with Gasteiger partial charge < -0.3 is 28.3 Å². The van der Waals surface area contributed by atoms with Gasteiger partial charge in [-0.05, 0) is 18.2 Å². The normalized spacial score (nSPS) is 8.56. The molecule has 8 rings (SSSR count). The largest absolute Gasteiger partial charge is 0.452 e. The summed E-state index contributed by atoms with van der Waals surface area (Å²) in [4.78, 5) is 26.5. The summed E-state index contributed by atoms with van der Waals surface area (Å²) in [5, 5.41) is 16.1. The molecule has 0 amide bonds. The zero-order chi connectivity index (χ0) is 28.3. The number of nitrogens with one attached hydrogen (secondary N) is 4. The van der Waals surface area contributed by atoms with Crippen LogP contribution in [-0.2, 0) is 0 Å². The molecule has 4 N–H and O–H groups in total. The maximum atomic E-state index is 4.47. The fourth-order valence-electron chi connectivity index (χ4n) is 1.68. The van der Waals surface area contributed by atoms with Gasteiger partial charge >= 0.3 is 0 Å². The van der Waals surface area contributed by atoms with Gasteiger partial charge in [0.25, 0.3) is 0 Å². The summed E-state index contributed by atoms with van der Waals surface area (Å²) in [6.07, 6.45) is 33.7. The van der Waals surface area contributed by atoms with Crippen molar-refractivity contribution < 1.29 is 13.4 Å². The van der Waals surface area contributed by atoms with Gasteiger partial charge in [0.1, 0.15) is 6.26 Å². The van der Waals surface area contributed by atoms with Gasteiger partial charge in [0, 0.05) is 68.4 Å². The van der Waals surface area contributed by atoms with E-state index in [4.69, 9.17) is 0 Å². The number of rotatable bonds is 0. The molecular weight excluding hydrogens is 554 g/mol. The van der Waals surface area contributed by atoms with E-state index in [0.29, 0.717) is 0 Å². The second-order valence-corrected chi connectivity index (χ2v) is 5.96. The molecule has 0 bridgehead atoms. The molecule has 43 heavy (non-hydrogen) atoms. The predicted molar refractivity (Wildman–Crippen MR) is 164 cm³/mol. The number of allylic oxidation sites excluding steroid dienone is 1. The molecule has 0 unspecified atom stereocenters. The van der Waals surface area contributed by atoms with Crippen molar-refractivity contribution >= 4 is 6.21 Å². The van der Waals surface area contributed by atoms with Crippen LogP contribution in [0.1, 0.15) is 28.7 Å². The van der Waals surface area contributed by atoms with Crippen molar-refractivity contribution in [3.63, 3.8) is 0 Å². The highest BCUT2D eigenvalue weighted by molar-refractivity contribution is 5.62. The van der Waals surface area contributed by atoms with E-state index in [1.54, 1.807) is 62.2 Å². The van der Waals surface area contributed by atoms with Gasteiger partial charge in [0.2, 0.25) is 19.2 Å². The lowest BCUT2D eigenvalue weighted by atomic mass is 10.5. The van der Waals surface area contributed by atoms with E-state index in [9.17, 15) is 0 Å². The standard InChI is InChI=1S/2C4H5N.3C3H4N2.C3H3NO.2C2H2N2O.3CH4/c2*1-2-4-5-3-1;2*1-2-5-3-4-1;1-2-4-5-3-1;1-2-5-3-4-1;1-3-4-2-5-1;1-3-2-5-4-1;;;/h1,3-4H,2H2;1-5H;3*1-3H,(H,4,5);1-3H;2*1-2H;3*1H4. The third kappa shape index (κ3) is 35.8. The number of aromatic nitrogens is 12. The smallest absolute Gasteiger partial charge is 0.213 e. The minimum Gasteiger partial charge on any atom is -0.452 e. The Morgan fingerprint density at radius 2 is 1.33 bits per heavy atom. The average molecular weight is 596 g/mol. The van der Waals surface area contributed by atoms with Crippen molar-refractivity contribution in [2.75, 3.05) is 0 Å². The number of nitrogens with zero attached hydrogens (tertiary/aromatic N) is 9. The molecule has 16 heteroatoms. The Morgan fingerprint density at radius 3 is 1.49 bits per heavy atom. The summed E-state index contributed by atoms with van der Waals surface area (Å²) in [5.41, 5.74) is 0. The Morgan fingerprint density at radius 1 is 0.605 bits per heavy atom. The zero-order valence-electron chi connectivity index (χ0n) is 21.2. The van der Waals surface area contributed by atoms with E-state index in [0.717, 1.165) is 6.42 Å². The van der Waals surface area contributed by atoms with Crippen LogP contribution in [-0.4, -0.2) is 66.7 Å². The van der Waals surface area contributed by atoms with Gasteiger partial charge in [-0.2, -0.15) is 5.10 Å². The van der Waals surface area contributed by atoms with Crippen LogP contribution in [0.25, 0.3) is 0 Å². The molecule has 0 aliphatic carbocycles. The van der Waals surface area contributed by atoms with Crippen molar-refractivity contribution in [1.29, 1.82) is 0 Å². The summed E-state index contributed by atoms with van der Waals surface area (Å²) >= 11 is 0. The average Bonchev–Trinajstić information content (AvgIpc) is 3.95. The summed E-state index contributed by atoms with van der Waals surface area (Å²) in [6.45, 7) is 0.